The van der Waals surface area contributed by atoms with E-state index in [0.29, 0.717) is 12.3 Å². The summed E-state index contributed by atoms with van der Waals surface area (Å²) in [7, 11) is 0. The lowest BCUT2D eigenvalue weighted by molar-refractivity contribution is -0.159. The van der Waals surface area contributed by atoms with Crippen LogP contribution in [0.15, 0.2) is 60.7 Å². The number of nitrogens with zero attached hydrogens (tertiary/aromatic N) is 1. The van der Waals surface area contributed by atoms with Gasteiger partial charge in [-0.2, -0.15) is 0 Å². The maximum Gasteiger partial charge on any atom is 0.307 e. The van der Waals surface area contributed by atoms with Crippen molar-refractivity contribution in [1.82, 2.24) is 4.90 Å². The highest BCUT2D eigenvalue weighted by Crippen LogP contribution is 2.32. The van der Waals surface area contributed by atoms with Gasteiger partial charge in [-0.3, -0.25) is 9.69 Å². The number of ether oxygens (including phenoxy) is 1. The van der Waals surface area contributed by atoms with Crippen LogP contribution in [0.1, 0.15) is 36.3 Å². The Hall–Kier alpha value is -2.13. The first-order valence-corrected chi connectivity index (χ1v) is 9.31. The van der Waals surface area contributed by atoms with Gasteiger partial charge in [0.05, 0.1) is 6.42 Å². The Morgan fingerprint density at radius 3 is 2.00 bits per heavy atom. The van der Waals surface area contributed by atoms with E-state index in [1.54, 1.807) is 0 Å². The molecule has 0 saturated carbocycles. The molecule has 3 saturated heterocycles. The highest BCUT2D eigenvalue weighted by atomic mass is 16.5. The zero-order chi connectivity index (χ0) is 17.1. The zero-order valence-corrected chi connectivity index (χ0v) is 14.5. The molecule has 0 aromatic heterocycles. The van der Waals surface area contributed by atoms with Crippen molar-refractivity contribution >= 4 is 5.97 Å². The number of benzene rings is 2. The van der Waals surface area contributed by atoms with Crippen LogP contribution in [0.25, 0.3) is 0 Å². The maximum absolute atomic E-state index is 12.7. The molecule has 3 heteroatoms. The molecule has 0 spiro atoms. The number of carbonyl (C=O) groups excluding carboxylic acids is 1. The third-order valence-corrected chi connectivity index (χ3v) is 5.65. The Bertz CT molecular complexity index is 653. The van der Waals surface area contributed by atoms with Crippen LogP contribution in [0.2, 0.25) is 0 Å². The average Bonchev–Trinajstić information content (AvgIpc) is 2.68. The summed E-state index contributed by atoms with van der Waals surface area (Å²) in [5.41, 5.74) is 2.33. The first kappa shape index (κ1) is 16.3. The van der Waals surface area contributed by atoms with Gasteiger partial charge in [0.15, 0.2) is 0 Å². The Labute approximate surface area is 149 Å². The average molecular weight is 335 g/mol. The van der Waals surface area contributed by atoms with Gasteiger partial charge < -0.3 is 4.74 Å². The van der Waals surface area contributed by atoms with Gasteiger partial charge in [0.25, 0.3) is 0 Å². The first-order valence-electron chi connectivity index (χ1n) is 9.31. The third kappa shape index (κ3) is 3.77. The van der Waals surface area contributed by atoms with Crippen molar-refractivity contribution in [3.05, 3.63) is 71.8 Å². The lowest BCUT2D eigenvalue weighted by Gasteiger charge is -2.44. The molecule has 0 amide bonds. The molecule has 0 N–H and O–H groups in total. The summed E-state index contributed by atoms with van der Waals surface area (Å²) in [5.74, 6) is 0.535. The number of hydrogen-bond donors (Lipinski definition) is 0. The molecule has 0 radical (unpaired) electrons. The molecule has 2 bridgehead atoms. The van der Waals surface area contributed by atoms with Gasteiger partial charge in [-0.15, -0.1) is 0 Å². The van der Waals surface area contributed by atoms with Crippen LogP contribution in [0, 0.1) is 5.92 Å². The van der Waals surface area contributed by atoms with E-state index in [4.69, 9.17) is 4.74 Å². The van der Waals surface area contributed by atoms with Gasteiger partial charge in [0.2, 0.25) is 0 Å². The van der Waals surface area contributed by atoms with Gasteiger partial charge in [-0.05, 0) is 43.0 Å². The van der Waals surface area contributed by atoms with E-state index in [1.165, 1.54) is 24.0 Å². The van der Waals surface area contributed by atoms with Crippen LogP contribution in [-0.2, 0) is 9.53 Å². The Kier molecular flexibility index (Phi) is 4.84. The summed E-state index contributed by atoms with van der Waals surface area (Å²) in [6.45, 7) is 3.24. The highest BCUT2D eigenvalue weighted by molar-refractivity contribution is 5.71. The predicted molar refractivity (Wildman–Crippen MR) is 98.4 cm³/mol. The normalized spacial score (nSPS) is 25.1. The third-order valence-electron chi connectivity index (χ3n) is 5.65. The minimum absolute atomic E-state index is 0.0518. The van der Waals surface area contributed by atoms with Crippen LogP contribution >= 0.6 is 0 Å². The van der Waals surface area contributed by atoms with Crippen LogP contribution in [0.3, 0.4) is 0 Å². The number of esters is 1. The Morgan fingerprint density at radius 1 is 0.960 bits per heavy atom. The van der Waals surface area contributed by atoms with E-state index in [1.807, 2.05) is 36.4 Å². The van der Waals surface area contributed by atoms with Crippen molar-refractivity contribution in [3.63, 3.8) is 0 Å². The second-order valence-electron chi connectivity index (χ2n) is 7.24. The second-order valence-corrected chi connectivity index (χ2v) is 7.24. The lowest BCUT2D eigenvalue weighted by atomic mass is 9.85. The molecule has 2 aromatic rings. The van der Waals surface area contributed by atoms with E-state index < -0.39 is 0 Å². The van der Waals surface area contributed by atoms with Crippen LogP contribution < -0.4 is 0 Å². The zero-order valence-electron chi connectivity index (χ0n) is 14.5. The van der Waals surface area contributed by atoms with E-state index >= 15 is 0 Å². The largest absolute Gasteiger partial charge is 0.461 e. The van der Waals surface area contributed by atoms with Crippen molar-refractivity contribution in [3.8, 4) is 0 Å². The molecule has 2 aromatic carbocycles. The highest BCUT2D eigenvalue weighted by Gasteiger charge is 2.36. The smallest absolute Gasteiger partial charge is 0.307 e. The predicted octanol–water partition coefficient (Wildman–Crippen LogP) is 3.85. The number of fused-ring (bicyclic) bond motifs is 3. The minimum atomic E-state index is -0.0727. The standard InChI is InChI=1S/C22H25NO2/c24-22(25-21-16-23-13-11-19(21)12-14-23)15-20(17-7-3-1-4-8-17)18-9-5-2-6-10-18/h1-10,19-21H,11-16H2/t21-/m0/s1. The van der Waals surface area contributed by atoms with Gasteiger partial charge in [0, 0.05) is 12.5 Å². The molecular weight excluding hydrogens is 310 g/mol. The van der Waals surface area contributed by atoms with Gasteiger partial charge >= 0.3 is 5.97 Å². The second kappa shape index (κ2) is 7.40. The van der Waals surface area contributed by atoms with Gasteiger partial charge in [0.1, 0.15) is 6.10 Å². The molecule has 130 valence electrons. The maximum atomic E-state index is 12.7. The molecule has 3 aliphatic heterocycles. The molecule has 0 aliphatic carbocycles. The van der Waals surface area contributed by atoms with Crippen LogP contribution in [-0.4, -0.2) is 36.6 Å². The molecule has 1 atom stereocenters. The molecule has 3 fully saturated rings. The minimum Gasteiger partial charge on any atom is -0.461 e. The fourth-order valence-corrected chi connectivity index (χ4v) is 4.23. The molecule has 0 unspecified atom stereocenters. The molecule has 3 aliphatic rings. The quantitative estimate of drug-likeness (QED) is 0.778. The number of hydrogen-bond acceptors (Lipinski definition) is 3. The van der Waals surface area contributed by atoms with E-state index in [9.17, 15) is 4.79 Å². The van der Waals surface area contributed by atoms with Crippen molar-refractivity contribution < 1.29 is 9.53 Å². The first-order chi connectivity index (χ1) is 12.3. The van der Waals surface area contributed by atoms with Gasteiger partial charge in [-0.1, -0.05) is 60.7 Å². The summed E-state index contributed by atoms with van der Waals surface area (Å²) in [4.78, 5) is 15.1. The van der Waals surface area contributed by atoms with Crippen molar-refractivity contribution in [1.29, 1.82) is 0 Å². The molecule has 25 heavy (non-hydrogen) atoms. The summed E-state index contributed by atoms with van der Waals surface area (Å²) < 4.78 is 5.92. The summed E-state index contributed by atoms with van der Waals surface area (Å²) in [6.07, 6.45) is 2.82. The van der Waals surface area contributed by atoms with E-state index in [-0.39, 0.29) is 18.0 Å². The number of piperidine rings is 3. The molecule has 3 nitrogen and oxygen atoms in total. The SMILES string of the molecule is O=C(CC(c1ccccc1)c1ccccc1)O[C@H]1CN2CCC1CC2. The summed E-state index contributed by atoms with van der Waals surface area (Å²) in [5, 5.41) is 0. The fraction of sp³-hybridized carbons (Fsp3) is 0.409. The monoisotopic (exact) mass is 335 g/mol. The summed E-state index contributed by atoms with van der Waals surface area (Å²) >= 11 is 0. The van der Waals surface area contributed by atoms with Crippen LogP contribution in [0.4, 0.5) is 0 Å². The topological polar surface area (TPSA) is 29.5 Å². The van der Waals surface area contributed by atoms with Crippen molar-refractivity contribution in [2.45, 2.75) is 31.3 Å². The van der Waals surface area contributed by atoms with Gasteiger partial charge in [-0.25, -0.2) is 0 Å². The molecule has 5 rings (SSSR count). The van der Waals surface area contributed by atoms with Crippen molar-refractivity contribution in [2.75, 3.05) is 19.6 Å². The fourth-order valence-electron chi connectivity index (χ4n) is 4.23. The van der Waals surface area contributed by atoms with Crippen molar-refractivity contribution in [2.24, 2.45) is 5.92 Å². The molecule has 3 heterocycles. The number of carbonyl (C=O) groups is 1. The van der Waals surface area contributed by atoms with Crippen LogP contribution in [0.5, 0.6) is 0 Å². The summed E-state index contributed by atoms with van der Waals surface area (Å²) in [6, 6.07) is 20.5. The Balaban J connectivity index is 1.48. The van der Waals surface area contributed by atoms with E-state index in [2.05, 4.69) is 29.2 Å². The Morgan fingerprint density at radius 2 is 1.52 bits per heavy atom. The molecular formula is C22H25NO2. The van der Waals surface area contributed by atoms with E-state index in [0.717, 1.165) is 19.6 Å². The number of rotatable bonds is 5. The lowest BCUT2D eigenvalue weighted by Crippen LogP contribution is -2.52.